The van der Waals surface area contributed by atoms with Crippen molar-refractivity contribution < 1.29 is 33.0 Å². The van der Waals surface area contributed by atoms with E-state index in [1.54, 1.807) is 6.07 Å². The van der Waals surface area contributed by atoms with E-state index in [2.05, 4.69) is 61.9 Å². The summed E-state index contributed by atoms with van der Waals surface area (Å²) in [5, 5.41) is 5.50. The van der Waals surface area contributed by atoms with Gasteiger partial charge in [0.05, 0.1) is 60.5 Å². The third-order valence-electron chi connectivity index (χ3n) is 15.1. The molecule has 9 rings (SSSR count). The van der Waals surface area contributed by atoms with Crippen LogP contribution >= 0.6 is 0 Å². The van der Waals surface area contributed by atoms with E-state index < -0.39 is 24.3 Å². The van der Waals surface area contributed by atoms with Gasteiger partial charge in [0.2, 0.25) is 11.8 Å². The first-order valence-corrected chi connectivity index (χ1v) is 25.2. The van der Waals surface area contributed by atoms with E-state index in [1.807, 2.05) is 49.6 Å². The number of aromatic amines is 2. The number of ether oxygens (including phenoxy) is 2. The second-order valence-electron chi connectivity index (χ2n) is 20.4. The van der Waals surface area contributed by atoms with Crippen LogP contribution in [0.25, 0.3) is 22.1 Å². The van der Waals surface area contributed by atoms with Gasteiger partial charge in [-0.25, -0.2) is 23.9 Å². The number of rotatable bonds is 13. The summed E-state index contributed by atoms with van der Waals surface area (Å²) in [4.78, 5) is 75.7. The van der Waals surface area contributed by atoms with Crippen LogP contribution in [-0.2, 0) is 19.1 Å². The van der Waals surface area contributed by atoms with E-state index in [9.17, 15) is 19.2 Å². The summed E-state index contributed by atoms with van der Waals surface area (Å²) in [6.07, 6.45) is 9.44. The zero-order valence-corrected chi connectivity index (χ0v) is 40.9. The Morgan fingerprint density at radius 1 is 0.667 bits per heavy atom. The van der Waals surface area contributed by atoms with Gasteiger partial charge in [-0.05, 0) is 129 Å². The van der Waals surface area contributed by atoms with Crippen LogP contribution in [0.15, 0.2) is 54.6 Å². The molecule has 3 saturated heterocycles. The smallest absolute Gasteiger partial charge is 0.407 e. The molecule has 0 radical (unpaired) electrons. The minimum atomic E-state index is -0.730. The van der Waals surface area contributed by atoms with Gasteiger partial charge in [-0.2, -0.15) is 0 Å². The van der Waals surface area contributed by atoms with Crippen molar-refractivity contribution >= 4 is 51.8 Å². The molecule has 1 aliphatic carbocycles. The van der Waals surface area contributed by atoms with Crippen LogP contribution in [0.3, 0.4) is 0 Å². The number of imidazole rings is 2. The SMILES string of the molecule is COC(=O)NC(CC(C)C)C(=O)N1CCC[C@H]1c1nc2ccc([C@H]3CCC(c4ccc5[nH]c([C@@H]6CCCN6C(=O)[C@@H](NC(=O)OC)C(C)C)nc5c4)N3c3ccc(C4CCCCC4)c(F)c3)cc2[nH]1. The van der Waals surface area contributed by atoms with Gasteiger partial charge < -0.3 is 44.8 Å². The van der Waals surface area contributed by atoms with Crippen LogP contribution in [0.2, 0.25) is 0 Å². The van der Waals surface area contributed by atoms with Gasteiger partial charge in [-0.3, -0.25) is 9.59 Å². The maximum absolute atomic E-state index is 16.4. The first-order chi connectivity index (χ1) is 33.3. The second-order valence-corrected chi connectivity index (χ2v) is 20.4. The molecule has 69 heavy (non-hydrogen) atoms. The zero-order chi connectivity index (χ0) is 48.5. The van der Waals surface area contributed by atoms with Crippen molar-refractivity contribution in [3.63, 3.8) is 0 Å². The number of aromatic nitrogens is 4. The fraction of sp³-hybridized carbons (Fsp3) is 0.547. The van der Waals surface area contributed by atoms with Crippen LogP contribution in [0, 0.1) is 17.7 Å². The Bertz CT molecular complexity index is 2680. The molecule has 6 atom stereocenters. The number of nitrogens with one attached hydrogen (secondary N) is 4. The van der Waals surface area contributed by atoms with E-state index in [0.717, 1.165) is 109 Å². The summed E-state index contributed by atoms with van der Waals surface area (Å²) < 4.78 is 26.1. The molecule has 3 aromatic carbocycles. The number of halogens is 1. The summed E-state index contributed by atoms with van der Waals surface area (Å²) in [5.74, 6) is 1.23. The topological polar surface area (TPSA) is 178 Å². The molecule has 0 bridgehead atoms. The number of alkyl carbamates (subject to hydrolysis) is 2. The molecule has 5 aromatic rings. The first-order valence-electron chi connectivity index (χ1n) is 25.2. The molecule has 4 amide bonds. The molecular weight excluding hydrogens is 878 g/mol. The Hall–Kier alpha value is -6.19. The van der Waals surface area contributed by atoms with Crippen LogP contribution in [0.5, 0.6) is 0 Å². The van der Waals surface area contributed by atoms with Crippen LogP contribution < -0.4 is 15.5 Å². The van der Waals surface area contributed by atoms with Crippen LogP contribution in [0.1, 0.15) is 163 Å². The number of carbonyl (C=O) groups is 4. The van der Waals surface area contributed by atoms with E-state index in [1.165, 1.54) is 20.6 Å². The van der Waals surface area contributed by atoms with Crippen molar-refractivity contribution in [2.75, 3.05) is 32.2 Å². The molecule has 5 heterocycles. The van der Waals surface area contributed by atoms with Crippen molar-refractivity contribution in [1.29, 1.82) is 0 Å². The Balaban J connectivity index is 1.02. The Morgan fingerprint density at radius 3 is 1.91 bits per heavy atom. The molecule has 4 fully saturated rings. The monoisotopic (exact) mass is 946 g/mol. The number of benzene rings is 3. The third kappa shape index (κ3) is 9.85. The fourth-order valence-corrected chi connectivity index (χ4v) is 11.7. The van der Waals surface area contributed by atoms with Gasteiger partial charge in [0.25, 0.3) is 0 Å². The highest BCUT2D eigenvalue weighted by molar-refractivity contribution is 5.87. The van der Waals surface area contributed by atoms with Crippen molar-refractivity contribution in [2.45, 2.75) is 147 Å². The van der Waals surface area contributed by atoms with Crippen LogP contribution in [-0.4, -0.2) is 93.1 Å². The molecule has 4 aliphatic rings. The molecule has 16 heteroatoms. The molecule has 2 unspecified atom stereocenters. The highest BCUT2D eigenvalue weighted by atomic mass is 19.1. The predicted octanol–water partition coefficient (Wildman–Crippen LogP) is 10.2. The lowest BCUT2D eigenvalue weighted by atomic mass is 9.84. The summed E-state index contributed by atoms with van der Waals surface area (Å²) in [7, 11) is 2.59. The fourth-order valence-electron chi connectivity index (χ4n) is 11.7. The maximum Gasteiger partial charge on any atom is 0.407 e. The highest BCUT2D eigenvalue weighted by Gasteiger charge is 2.40. The molecule has 15 nitrogen and oxygen atoms in total. The van der Waals surface area contributed by atoms with Gasteiger partial charge in [-0.1, -0.05) is 65.2 Å². The van der Waals surface area contributed by atoms with Crippen molar-refractivity contribution in [3.05, 3.63) is 88.8 Å². The minimum Gasteiger partial charge on any atom is -0.453 e. The normalized spacial score (nSPS) is 22.0. The summed E-state index contributed by atoms with van der Waals surface area (Å²) >= 11 is 0. The minimum absolute atomic E-state index is 0.0900. The molecule has 3 aliphatic heterocycles. The number of likely N-dealkylation sites (tertiary alicyclic amines) is 2. The molecule has 4 N–H and O–H groups in total. The standard InChI is InChI=1S/C53H68FN9O6/c1-30(2)26-42(59-52(66)68-5)50(64)61-24-10-14-45(61)48-55-38-20-16-33(27-40(38)57-48)43-22-23-44(63(43)35-18-19-36(37(54)29-35)32-12-8-7-9-13-32)34-17-21-39-41(28-34)58-49(56-39)46-15-11-25-62(46)51(65)47(31(3)4)60-53(67)69-6/h16-21,27-32,42-47H,7-15,22-26H2,1-6H3,(H,55,57)(H,56,58)(H,59,66)(H,60,67)/t42?,43-,44?,45+,46+,47+/m1/s1. The number of fused-ring (bicyclic) bond motifs is 2. The third-order valence-corrected chi connectivity index (χ3v) is 15.1. The van der Waals surface area contributed by atoms with Crippen molar-refractivity contribution in [2.24, 2.45) is 11.8 Å². The Labute approximate surface area is 403 Å². The molecule has 0 spiro atoms. The molecule has 368 valence electrons. The van der Waals surface area contributed by atoms with Gasteiger partial charge in [0, 0.05) is 18.8 Å². The average molecular weight is 946 g/mol. The highest BCUT2D eigenvalue weighted by Crippen LogP contribution is 2.49. The van der Waals surface area contributed by atoms with E-state index in [-0.39, 0.29) is 59.6 Å². The quantitative estimate of drug-likeness (QED) is 0.0894. The second kappa shape index (κ2) is 20.4. The lowest BCUT2D eigenvalue weighted by Gasteiger charge is -2.34. The lowest BCUT2D eigenvalue weighted by molar-refractivity contribution is -0.136. The van der Waals surface area contributed by atoms with Gasteiger partial charge >= 0.3 is 12.2 Å². The number of hydrogen-bond donors (Lipinski definition) is 4. The average Bonchev–Trinajstić information content (AvgIpc) is 4.21. The number of anilines is 1. The number of H-pyrrole nitrogens is 2. The van der Waals surface area contributed by atoms with Gasteiger partial charge in [0.1, 0.15) is 29.5 Å². The Morgan fingerprint density at radius 2 is 1.28 bits per heavy atom. The summed E-state index contributed by atoms with van der Waals surface area (Å²) in [6.45, 7) is 8.99. The molecule has 1 saturated carbocycles. The summed E-state index contributed by atoms with van der Waals surface area (Å²) in [6, 6.07) is 16.3. The zero-order valence-electron chi connectivity index (χ0n) is 40.9. The number of carbonyl (C=O) groups excluding carboxylic acids is 4. The van der Waals surface area contributed by atoms with Crippen LogP contribution in [0.4, 0.5) is 19.7 Å². The number of nitrogens with zero attached hydrogens (tertiary/aromatic N) is 5. The lowest BCUT2D eigenvalue weighted by Crippen LogP contribution is -2.51. The number of methoxy groups -OCH3 is 2. The largest absolute Gasteiger partial charge is 0.453 e. The number of hydrogen-bond acceptors (Lipinski definition) is 9. The van der Waals surface area contributed by atoms with E-state index in [4.69, 9.17) is 19.4 Å². The molecule has 2 aromatic heterocycles. The van der Waals surface area contributed by atoms with Crippen molar-refractivity contribution in [3.8, 4) is 0 Å². The molecular formula is C53H68FN9O6. The summed E-state index contributed by atoms with van der Waals surface area (Å²) in [5.41, 5.74) is 7.08. The van der Waals surface area contributed by atoms with Crippen molar-refractivity contribution in [1.82, 2.24) is 40.4 Å². The van der Waals surface area contributed by atoms with E-state index in [0.29, 0.717) is 31.2 Å². The first kappa shape index (κ1) is 47.9. The predicted molar refractivity (Wildman–Crippen MR) is 262 cm³/mol. The van der Waals surface area contributed by atoms with Gasteiger partial charge in [0.15, 0.2) is 0 Å². The van der Waals surface area contributed by atoms with Gasteiger partial charge in [-0.15, -0.1) is 0 Å². The number of amides is 4. The maximum atomic E-state index is 16.4. The van der Waals surface area contributed by atoms with E-state index >= 15 is 4.39 Å². The Kier molecular flexibility index (Phi) is 14.2.